The highest BCUT2D eigenvalue weighted by Gasteiger charge is 2.13. The Morgan fingerprint density at radius 2 is 0.838 bits per heavy atom. The Kier molecular flexibility index (Phi) is 6.21. The van der Waals surface area contributed by atoms with Crippen molar-refractivity contribution < 1.29 is 0 Å². The van der Waals surface area contributed by atoms with Gasteiger partial charge < -0.3 is 5.32 Å². The van der Waals surface area contributed by atoms with Gasteiger partial charge in [0.1, 0.15) is 0 Å². The summed E-state index contributed by atoms with van der Waals surface area (Å²) in [5, 5.41) is 3.60. The highest BCUT2D eigenvalue weighted by Crippen LogP contribution is 2.32. The molecule has 0 saturated heterocycles. The Morgan fingerprint density at radius 3 is 1.43 bits per heavy atom. The van der Waals surface area contributed by atoms with Crippen LogP contribution in [0.4, 0.5) is 11.4 Å². The molecule has 0 aliphatic carbocycles. The van der Waals surface area contributed by atoms with E-state index in [2.05, 4.69) is 59.9 Å². The summed E-state index contributed by atoms with van der Waals surface area (Å²) in [6.07, 6.45) is 0. The number of benzene rings is 5. The molecule has 0 spiro atoms. The first kappa shape index (κ1) is 22.4. The van der Waals surface area contributed by atoms with Crippen LogP contribution in [0, 0.1) is 0 Å². The molecule has 0 saturated carbocycles. The molecule has 176 valence electrons. The van der Waals surface area contributed by atoms with E-state index in [1.165, 1.54) is 5.56 Å². The van der Waals surface area contributed by atoms with E-state index >= 15 is 0 Å². The van der Waals surface area contributed by atoms with Gasteiger partial charge in [-0.3, -0.25) is 0 Å². The molecule has 0 atom stereocenters. The van der Waals surface area contributed by atoms with E-state index in [4.69, 9.17) is 15.0 Å². The molecule has 4 heteroatoms. The third-order valence-electron chi connectivity index (χ3n) is 6.11. The maximum atomic E-state index is 4.86. The van der Waals surface area contributed by atoms with Gasteiger partial charge in [0.25, 0.3) is 0 Å². The Balaban J connectivity index is 1.40. The summed E-state index contributed by atoms with van der Waals surface area (Å²) in [6.45, 7) is 0. The van der Waals surface area contributed by atoms with Crippen LogP contribution in [0.5, 0.6) is 0 Å². The standard InChI is InChI=1S/C33H24N4/c1-4-13-24(14-5-1)29-21-10-11-22-30(29)34-28-20-12-19-27(23-28)33-36-31(25-15-6-2-7-16-25)35-32(37-33)26-17-8-3-9-18-26/h1-23,34H. The van der Waals surface area contributed by atoms with Crippen molar-refractivity contribution in [1.29, 1.82) is 0 Å². The molecule has 0 amide bonds. The molecule has 5 aromatic carbocycles. The van der Waals surface area contributed by atoms with Gasteiger partial charge in [0, 0.05) is 33.6 Å². The zero-order chi connectivity index (χ0) is 24.9. The van der Waals surface area contributed by atoms with Crippen LogP contribution in [0.2, 0.25) is 0 Å². The van der Waals surface area contributed by atoms with Crippen molar-refractivity contribution in [3.63, 3.8) is 0 Å². The van der Waals surface area contributed by atoms with E-state index in [9.17, 15) is 0 Å². The molecule has 6 aromatic rings. The minimum Gasteiger partial charge on any atom is -0.355 e. The second-order valence-corrected chi connectivity index (χ2v) is 8.66. The molecule has 0 aliphatic rings. The Morgan fingerprint density at radius 1 is 0.378 bits per heavy atom. The molecular weight excluding hydrogens is 452 g/mol. The number of anilines is 2. The van der Waals surface area contributed by atoms with Crippen LogP contribution in [0.1, 0.15) is 0 Å². The summed E-state index contributed by atoms with van der Waals surface area (Å²) in [5.41, 5.74) is 7.13. The topological polar surface area (TPSA) is 50.7 Å². The van der Waals surface area contributed by atoms with Crippen LogP contribution >= 0.6 is 0 Å². The predicted molar refractivity (Wildman–Crippen MR) is 151 cm³/mol. The minimum absolute atomic E-state index is 0.632. The Bertz CT molecular complexity index is 1570. The quantitative estimate of drug-likeness (QED) is 0.263. The van der Waals surface area contributed by atoms with Crippen LogP contribution < -0.4 is 5.32 Å². The van der Waals surface area contributed by atoms with Gasteiger partial charge in [-0.1, -0.05) is 121 Å². The summed E-state index contributed by atoms with van der Waals surface area (Å²) in [5.74, 6) is 1.93. The summed E-state index contributed by atoms with van der Waals surface area (Å²) >= 11 is 0. The lowest BCUT2D eigenvalue weighted by Gasteiger charge is -2.13. The number of aromatic nitrogens is 3. The van der Waals surface area contributed by atoms with Gasteiger partial charge in [-0.15, -0.1) is 0 Å². The molecule has 0 radical (unpaired) electrons. The van der Waals surface area contributed by atoms with Crippen molar-refractivity contribution in [3.05, 3.63) is 140 Å². The summed E-state index contributed by atoms with van der Waals surface area (Å²) in [6, 6.07) is 47.0. The van der Waals surface area contributed by atoms with Crippen LogP contribution in [0.25, 0.3) is 45.3 Å². The predicted octanol–water partition coefficient (Wildman–Crippen LogP) is 8.28. The molecule has 0 unspecified atom stereocenters. The first-order valence-corrected chi connectivity index (χ1v) is 12.2. The number of hydrogen-bond donors (Lipinski definition) is 1. The van der Waals surface area contributed by atoms with Crippen LogP contribution in [0.15, 0.2) is 140 Å². The van der Waals surface area contributed by atoms with E-state index < -0.39 is 0 Å². The lowest BCUT2D eigenvalue weighted by atomic mass is 10.0. The van der Waals surface area contributed by atoms with Gasteiger partial charge in [0.15, 0.2) is 17.5 Å². The Labute approximate surface area is 216 Å². The fraction of sp³-hybridized carbons (Fsp3) is 0. The first-order valence-electron chi connectivity index (χ1n) is 12.2. The van der Waals surface area contributed by atoms with Crippen molar-refractivity contribution in [2.45, 2.75) is 0 Å². The summed E-state index contributed by atoms with van der Waals surface area (Å²) in [4.78, 5) is 14.5. The zero-order valence-corrected chi connectivity index (χ0v) is 20.1. The Hall–Kier alpha value is -5.09. The molecule has 37 heavy (non-hydrogen) atoms. The number of para-hydroxylation sites is 1. The third kappa shape index (κ3) is 5.00. The average molecular weight is 477 g/mol. The summed E-state index contributed by atoms with van der Waals surface area (Å²) < 4.78 is 0. The molecule has 1 N–H and O–H groups in total. The normalized spacial score (nSPS) is 10.7. The highest BCUT2D eigenvalue weighted by molar-refractivity contribution is 5.82. The summed E-state index contributed by atoms with van der Waals surface area (Å²) in [7, 11) is 0. The molecule has 0 fully saturated rings. The average Bonchev–Trinajstić information content (AvgIpc) is 2.99. The van der Waals surface area contributed by atoms with E-state index in [1.54, 1.807) is 0 Å². The van der Waals surface area contributed by atoms with Gasteiger partial charge in [-0.25, -0.2) is 15.0 Å². The molecular formula is C33H24N4. The van der Waals surface area contributed by atoms with Crippen LogP contribution in [-0.2, 0) is 0 Å². The maximum absolute atomic E-state index is 4.86. The third-order valence-corrected chi connectivity index (χ3v) is 6.11. The molecule has 0 aliphatic heterocycles. The van der Waals surface area contributed by atoms with Gasteiger partial charge in [0.05, 0.1) is 0 Å². The first-order chi connectivity index (χ1) is 18.3. The van der Waals surface area contributed by atoms with E-state index in [-0.39, 0.29) is 0 Å². The minimum atomic E-state index is 0.632. The van der Waals surface area contributed by atoms with Gasteiger partial charge in [0.2, 0.25) is 0 Å². The second-order valence-electron chi connectivity index (χ2n) is 8.66. The van der Waals surface area contributed by atoms with Gasteiger partial charge in [-0.2, -0.15) is 0 Å². The van der Waals surface area contributed by atoms with E-state index in [1.807, 2.05) is 84.9 Å². The largest absolute Gasteiger partial charge is 0.355 e. The number of rotatable bonds is 6. The monoisotopic (exact) mass is 476 g/mol. The van der Waals surface area contributed by atoms with Gasteiger partial charge in [-0.05, 0) is 23.8 Å². The SMILES string of the molecule is c1ccc(-c2nc(-c3ccccc3)nc(-c3cccc(Nc4ccccc4-c4ccccc4)c3)n2)cc1. The van der Waals surface area contributed by atoms with E-state index in [0.29, 0.717) is 17.5 Å². The van der Waals surface area contributed by atoms with Crippen LogP contribution in [0.3, 0.4) is 0 Å². The van der Waals surface area contributed by atoms with Gasteiger partial charge >= 0.3 is 0 Å². The highest BCUT2D eigenvalue weighted by atomic mass is 15.0. The molecule has 1 heterocycles. The van der Waals surface area contributed by atoms with Crippen molar-refractivity contribution >= 4 is 11.4 Å². The maximum Gasteiger partial charge on any atom is 0.164 e. The number of nitrogens with zero attached hydrogens (tertiary/aromatic N) is 3. The molecule has 1 aromatic heterocycles. The van der Waals surface area contributed by atoms with Crippen molar-refractivity contribution in [2.24, 2.45) is 0 Å². The van der Waals surface area contributed by atoms with Crippen molar-refractivity contribution in [1.82, 2.24) is 15.0 Å². The zero-order valence-electron chi connectivity index (χ0n) is 20.1. The lowest BCUT2D eigenvalue weighted by molar-refractivity contribution is 1.07. The van der Waals surface area contributed by atoms with Crippen LogP contribution in [-0.4, -0.2) is 15.0 Å². The number of hydrogen-bond acceptors (Lipinski definition) is 4. The van der Waals surface area contributed by atoms with Crippen molar-refractivity contribution in [2.75, 3.05) is 5.32 Å². The molecule has 4 nitrogen and oxygen atoms in total. The molecule has 0 bridgehead atoms. The molecule has 6 rings (SSSR count). The lowest BCUT2D eigenvalue weighted by Crippen LogP contribution is -2.00. The number of nitrogens with one attached hydrogen (secondary N) is 1. The van der Waals surface area contributed by atoms with E-state index in [0.717, 1.165) is 33.6 Å². The fourth-order valence-electron chi connectivity index (χ4n) is 4.29. The smallest absolute Gasteiger partial charge is 0.164 e. The van der Waals surface area contributed by atoms with Crippen molar-refractivity contribution in [3.8, 4) is 45.3 Å². The second kappa shape index (κ2) is 10.3. The fourth-order valence-corrected chi connectivity index (χ4v) is 4.29.